The first-order valence-electron chi connectivity index (χ1n) is 12.6. The van der Waals surface area contributed by atoms with Crippen LogP contribution < -0.4 is 33.9 Å². The summed E-state index contributed by atoms with van der Waals surface area (Å²) in [6, 6.07) is 3.86. The molecule has 0 atom stereocenters. The molecule has 1 aromatic heterocycles. The van der Waals surface area contributed by atoms with Crippen molar-refractivity contribution in [3.05, 3.63) is 52.6 Å². The number of aromatic nitrogens is 1. The number of carbonyl (C=O) groups is 2. The maximum absolute atomic E-state index is 13.3. The lowest BCUT2D eigenvalue weighted by Gasteiger charge is -2.30. The number of rotatable bonds is 15. The number of pyridine rings is 1. The molecule has 0 saturated carbocycles. The van der Waals surface area contributed by atoms with E-state index < -0.39 is 17.9 Å². The molecule has 0 radical (unpaired) electrons. The molecular weight excluding hydrogens is 702 g/mol. The van der Waals surface area contributed by atoms with Gasteiger partial charge in [0.2, 0.25) is 0 Å². The summed E-state index contributed by atoms with van der Waals surface area (Å²) in [6.45, 7) is 12.8. The zero-order valence-corrected chi connectivity index (χ0v) is 27.1. The van der Waals surface area contributed by atoms with Gasteiger partial charge in [-0.1, -0.05) is 20.8 Å². The molecule has 0 fully saturated rings. The lowest BCUT2D eigenvalue weighted by molar-refractivity contribution is -0.697. The number of hydrogen-bond donors (Lipinski definition) is 1. The highest BCUT2D eigenvalue weighted by Gasteiger charge is 2.39. The van der Waals surface area contributed by atoms with Gasteiger partial charge in [0, 0.05) is 42.7 Å². The fourth-order valence-corrected chi connectivity index (χ4v) is 4.01. The second-order valence-electron chi connectivity index (χ2n) is 8.51. The Kier molecular flexibility index (Phi) is 19.1. The number of dihydropyridines is 1. The SMILES string of the molecule is CCCOCCOC(=O)C1=C(C)NC(C)=C(C(=O)OCCOCCC)C1c1ccc[n+](CCC)c1.I.[I-]. The van der Waals surface area contributed by atoms with Gasteiger partial charge in [0.05, 0.1) is 30.3 Å². The van der Waals surface area contributed by atoms with Gasteiger partial charge in [0.15, 0.2) is 12.4 Å². The number of ether oxygens (including phenoxy) is 4. The molecule has 37 heavy (non-hydrogen) atoms. The van der Waals surface area contributed by atoms with Crippen molar-refractivity contribution in [2.75, 3.05) is 39.6 Å². The van der Waals surface area contributed by atoms with Gasteiger partial charge in [-0.3, -0.25) is 0 Å². The van der Waals surface area contributed by atoms with E-state index in [9.17, 15) is 9.59 Å². The third kappa shape index (κ3) is 11.2. The molecule has 8 nitrogen and oxygen atoms in total. The molecule has 10 heteroatoms. The fraction of sp³-hybridized carbons (Fsp3) is 0.593. The van der Waals surface area contributed by atoms with Gasteiger partial charge in [-0.2, -0.15) is 0 Å². The van der Waals surface area contributed by atoms with Crippen LogP contribution in [0, 0.1) is 0 Å². The normalized spacial score (nSPS) is 13.4. The molecule has 0 saturated heterocycles. The molecule has 1 N–H and O–H groups in total. The number of allylic oxidation sites excluding steroid dienone is 2. The van der Waals surface area contributed by atoms with Crippen molar-refractivity contribution in [3.63, 3.8) is 0 Å². The Bertz CT molecular complexity index is 872. The van der Waals surface area contributed by atoms with E-state index in [4.69, 9.17) is 18.9 Å². The Morgan fingerprint density at radius 3 is 1.81 bits per heavy atom. The summed E-state index contributed by atoms with van der Waals surface area (Å²) < 4.78 is 24.1. The van der Waals surface area contributed by atoms with Crippen molar-refractivity contribution in [2.45, 2.75) is 66.3 Å². The minimum atomic E-state index is -0.617. The van der Waals surface area contributed by atoms with Crippen molar-refractivity contribution >= 4 is 35.9 Å². The standard InChI is InChI=1S/C27H40N2O6.2HI/c1-6-11-29-12-9-10-22(19-29)25-23(26(30)34-17-15-32-13-7-2)20(4)28-21(5)24(25)27(31)35-18-16-33-14-8-3;;/h9-10,12,19,25H,6-8,11,13-18H2,1-5H3;2*1H. The smallest absolute Gasteiger partial charge is 0.336 e. The van der Waals surface area contributed by atoms with E-state index in [-0.39, 0.29) is 61.2 Å². The van der Waals surface area contributed by atoms with Crippen LogP contribution in [0.25, 0.3) is 0 Å². The average molecular weight is 744 g/mol. The van der Waals surface area contributed by atoms with E-state index >= 15 is 0 Å². The first kappa shape index (κ1) is 35.8. The van der Waals surface area contributed by atoms with Gasteiger partial charge < -0.3 is 48.2 Å². The largest absolute Gasteiger partial charge is 1.00 e. The summed E-state index contributed by atoms with van der Waals surface area (Å²) in [5.74, 6) is -1.57. The molecule has 0 aromatic carbocycles. The molecule has 0 aliphatic carbocycles. The van der Waals surface area contributed by atoms with Gasteiger partial charge in [0.1, 0.15) is 19.8 Å². The molecular formula is C27H42I2N2O6. The number of carbonyl (C=O) groups excluding carboxylic acids is 2. The lowest BCUT2D eigenvalue weighted by Crippen LogP contribution is -3.00. The zero-order valence-electron chi connectivity index (χ0n) is 22.6. The number of aryl methyl sites for hydroxylation is 1. The predicted octanol–water partition coefficient (Wildman–Crippen LogP) is 1.18. The molecule has 0 bridgehead atoms. The van der Waals surface area contributed by atoms with Crippen molar-refractivity contribution in [3.8, 4) is 0 Å². The summed E-state index contributed by atoms with van der Waals surface area (Å²) >= 11 is 0. The van der Waals surface area contributed by atoms with Crippen molar-refractivity contribution in [1.82, 2.24) is 5.32 Å². The van der Waals surface area contributed by atoms with Crippen LogP contribution in [0.4, 0.5) is 0 Å². The van der Waals surface area contributed by atoms with Gasteiger partial charge in [-0.05, 0) is 32.8 Å². The first-order chi connectivity index (χ1) is 16.9. The monoisotopic (exact) mass is 744 g/mol. The van der Waals surface area contributed by atoms with Crippen molar-refractivity contribution in [2.24, 2.45) is 0 Å². The molecule has 210 valence electrons. The number of hydrogen-bond acceptors (Lipinski definition) is 7. The minimum absolute atomic E-state index is 0. The quantitative estimate of drug-likeness (QED) is 0.125. The van der Waals surface area contributed by atoms with E-state index in [1.54, 1.807) is 0 Å². The van der Waals surface area contributed by atoms with Gasteiger partial charge in [0.25, 0.3) is 0 Å². The van der Waals surface area contributed by atoms with Crippen LogP contribution in [0.15, 0.2) is 47.1 Å². The van der Waals surface area contributed by atoms with Gasteiger partial charge in [-0.25, -0.2) is 14.2 Å². The zero-order chi connectivity index (χ0) is 25.6. The molecule has 2 heterocycles. The Morgan fingerprint density at radius 1 is 0.838 bits per heavy atom. The topological polar surface area (TPSA) is 87.0 Å². The molecule has 1 aromatic rings. The number of nitrogens with one attached hydrogen (secondary N) is 1. The van der Waals surface area contributed by atoms with Gasteiger partial charge in [-0.15, -0.1) is 24.0 Å². The molecule has 2 rings (SSSR count). The summed E-state index contributed by atoms with van der Waals surface area (Å²) in [5, 5.41) is 3.19. The average Bonchev–Trinajstić information content (AvgIpc) is 2.83. The number of nitrogens with zero attached hydrogens (tertiary/aromatic N) is 1. The van der Waals surface area contributed by atoms with Crippen molar-refractivity contribution in [1.29, 1.82) is 0 Å². The number of halogens is 2. The Balaban J connectivity index is 0.00000648. The Labute approximate surface area is 255 Å². The molecule has 0 amide bonds. The highest BCUT2D eigenvalue weighted by atomic mass is 127. The molecule has 0 spiro atoms. The van der Waals surface area contributed by atoms with Crippen LogP contribution in [-0.2, 0) is 35.1 Å². The maximum Gasteiger partial charge on any atom is 0.336 e. The third-order valence-corrected chi connectivity index (χ3v) is 5.52. The van der Waals surface area contributed by atoms with E-state index in [0.717, 1.165) is 31.4 Å². The fourth-order valence-electron chi connectivity index (χ4n) is 4.01. The van der Waals surface area contributed by atoms with Gasteiger partial charge >= 0.3 is 11.9 Å². The molecule has 0 unspecified atom stereocenters. The van der Waals surface area contributed by atoms with E-state index in [2.05, 4.69) is 16.8 Å². The maximum atomic E-state index is 13.3. The van der Waals surface area contributed by atoms with E-state index in [1.807, 2.05) is 52.2 Å². The first-order valence-corrected chi connectivity index (χ1v) is 12.6. The van der Waals surface area contributed by atoms with Crippen LogP contribution in [-0.4, -0.2) is 51.6 Å². The van der Waals surface area contributed by atoms with Crippen LogP contribution in [0.3, 0.4) is 0 Å². The van der Waals surface area contributed by atoms with Crippen LogP contribution in [0.2, 0.25) is 0 Å². The summed E-state index contributed by atoms with van der Waals surface area (Å²) in [4.78, 5) is 26.5. The van der Waals surface area contributed by atoms with Crippen molar-refractivity contribution < 1.29 is 57.1 Å². The Morgan fingerprint density at radius 2 is 1.35 bits per heavy atom. The summed E-state index contributed by atoms with van der Waals surface area (Å²) in [5.41, 5.74) is 2.93. The number of esters is 2. The minimum Gasteiger partial charge on any atom is -1.00 e. The lowest BCUT2D eigenvalue weighted by atomic mass is 9.81. The molecule has 1 aliphatic rings. The van der Waals surface area contributed by atoms with Crippen LogP contribution >= 0.6 is 24.0 Å². The van der Waals surface area contributed by atoms with Crippen LogP contribution in [0.1, 0.15) is 65.4 Å². The third-order valence-electron chi connectivity index (χ3n) is 5.52. The highest BCUT2D eigenvalue weighted by Crippen LogP contribution is 2.38. The summed E-state index contributed by atoms with van der Waals surface area (Å²) in [7, 11) is 0. The van der Waals surface area contributed by atoms with E-state index in [0.29, 0.717) is 49.0 Å². The second-order valence-corrected chi connectivity index (χ2v) is 8.51. The summed E-state index contributed by atoms with van der Waals surface area (Å²) in [6.07, 6.45) is 6.72. The van der Waals surface area contributed by atoms with E-state index in [1.165, 1.54) is 0 Å². The molecule has 1 aliphatic heterocycles. The second kappa shape index (κ2) is 19.8. The van der Waals surface area contributed by atoms with Crippen LogP contribution in [0.5, 0.6) is 0 Å². The Hall–Kier alpha value is -1.25. The predicted molar refractivity (Wildman–Crippen MR) is 148 cm³/mol. The highest BCUT2D eigenvalue weighted by molar-refractivity contribution is 14.0.